The van der Waals surface area contributed by atoms with E-state index in [1.165, 1.54) is 5.56 Å². The molecule has 2 aromatic rings. The fourth-order valence-electron chi connectivity index (χ4n) is 1.50. The molecular formula is C13H16N2O. The van der Waals surface area contributed by atoms with Crippen LogP contribution in [0.15, 0.2) is 41.1 Å². The minimum atomic E-state index is 0.855. The lowest BCUT2D eigenvalue weighted by atomic mass is 10.2. The van der Waals surface area contributed by atoms with Gasteiger partial charge in [-0.2, -0.15) is 0 Å². The zero-order valence-corrected chi connectivity index (χ0v) is 9.44. The van der Waals surface area contributed by atoms with E-state index in [0.717, 1.165) is 31.0 Å². The van der Waals surface area contributed by atoms with Crippen molar-refractivity contribution in [1.29, 1.82) is 0 Å². The summed E-state index contributed by atoms with van der Waals surface area (Å²) >= 11 is 0. The Morgan fingerprint density at radius 3 is 2.94 bits per heavy atom. The number of nitrogens with zero attached hydrogens (tertiary/aromatic N) is 1. The second-order valence-electron chi connectivity index (χ2n) is 3.81. The average molecular weight is 216 g/mol. The Morgan fingerprint density at radius 2 is 2.25 bits per heavy atom. The van der Waals surface area contributed by atoms with Gasteiger partial charge in [-0.1, -0.05) is 6.07 Å². The molecule has 0 aliphatic heterocycles. The van der Waals surface area contributed by atoms with Crippen LogP contribution in [0.4, 0.5) is 0 Å². The van der Waals surface area contributed by atoms with Gasteiger partial charge in [0.25, 0.3) is 0 Å². The molecule has 0 fully saturated rings. The second kappa shape index (κ2) is 5.47. The van der Waals surface area contributed by atoms with Gasteiger partial charge in [0.1, 0.15) is 5.76 Å². The van der Waals surface area contributed by atoms with E-state index in [-0.39, 0.29) is 0 Å². The second-order valence-corrected chi connectivity index (χ2v) is 3.81. The van der Waals surface area contributed by atoms with Crippen LogP contribution in [-0.4, -0.2) is 11.5 Å². The van der Waals surface area contributed by atoms with Crippen molar-refractivity contribution in [1.82, 2.24) is 10.3 Å². The first-order chi connectivity index (χ1) is 7.84. The maximum absolute atomic E-state index is 5.25. The number of aryl methyl sites for hydroxylation is 1. The first kappa shape index (κ1) is 10.9. The van der Waals surface area contributed by atoms with Gasteiger partial charge in [-0.15, -0.1) is 0 Å². The maximum atomic E-state index is 5.25. The molecule has 2 rings (SSSR count). The summed E-state index contributed by atoms with van der Waals surface area (Å²) in [7, 11) is 0. The van der Waals surface area contributed by atoms with Crippen LogP contribution < -0.4 is 5.32 Å². The molecule has 0 radical (unpaired) electrons. The molecule has 84 valence electrons. The molecule has 16 heavy (non-hydrogen) atoms. The van der Waals surface area contributed by atoms with Crippen LogP contribution in [0.25, 0.3) is 0 Å². The molecule has 0 bridgehead atoms. The highest BCUT2D eigenvalue weighted by Crippen LogP contribution is 2.01. The number of rotatable bonds is 5. The molecule has 2 heterocycles. The highest BCUT2D eigenvalue weighted by atomic mass is 16.3. The van der Waals surface area contributed by atoms with E-state index in [9.17, 15) is 0 Å². The van der Waals surface area contributed by atoms with Crippen LogP contribution >= 0.6 is 0 Å². The smallest absolute Gasteiger partial charge is 0.105 e. The van der Waals surface area contributed by atoms with Crippen molar-refractivity contribution in [3.8, 4) is 0 Å². The Morgan fingerprint density at radius 1 is 1.31 bits per heavy atom. The van der Waals surface area contributed by atoms with Crippen molar-refractivity contribution in [3.05, 3.63) is 53.7 Å². The van der Waals surface area contributed by atoms with Crippen molar-refractivity contribution in [2.45, 2.75) is 19.9 Å². The third-order valence-electron chi connectivity index (χ3n) is 2.43. The van der Waals surface area contributed by atoms with Crippen LogP contribution in [0.2, 0.25) is 0 Å². The molecular weight excluding hydrogens is 200 g/mol. The maximum Gasteiger partial charge on any atom is 0.105 e. The molecule has 1 N–H and O–H groups in total. The minimum absolute atomic E-state index is 0.855. The van der Waals surface area contributed by atoms with Gasteiger partial charge in [-0.3, -0.25) is 4.98 Å². The molecule has 0 saturated carbocycles. The fourth-order valence-corrected chi connectivity index (χ4v) is 1.50. The molecule has 0 unspecified atom stereocenters. The zero-order chi connectivity index (χ0) is 11.2. The molecule has 0 aromatic carbocycles. The number of furan rings is 1. The van der Waals surface area contributed by atoms with Gasteiger partial charge >= 0.3 is 0 Å². The molecule has 3 nitrogen and oxygen atoms in total. The van der Waals surface area contributed by atoms with E-state index in [4.69, 9.17) is 4.42 Å². The Bertz CT molecular complexity index is 406. The predicted octanol–water partition coefficient (Wildman–Crippen LogP) is 2.32. The van der Waals surface area contributed by atoms with Crippen molar-refractivity contribution < 1.29 is 4.42 Å². The minimum Gasteiger partial charge on any atom is -0.469 e. The first-order valence-electron chi connectivity index (χ1n) is 5.49. The Kier molecular flexibility index (Phi) is 3.72. The summed E-state index contributed by atoms with van der Waals surface area (Å²) < 4.78 is 5.25. The van der Waals surface area contributed by atoms with Crippen molar-refractivity contribution >= 4 is 0 Å². The monoisotopic (exact) mass is 216 g/mol. The molecule has 0 aliphatic carbocycles. The first-order valence-corrected chi connectivity index (χ1v) is 5.49. The lowest BCUT2D eigenvalue weighted by molar-refractivity contribution is 0.499. The van der Waals surface area contributed by atoms with E-state index in [1.54, 1.807) is 6.26 Å². The highest BCUT2D eigenvalue weighted by molar-refractivity contribution is 5.12. The molecule has 0 spiro atoms. The summed E-state index contributed by atoms with van der Waals surface area (Å²) in [5, 5.41) is 3.36. The quantitative estimate of drug-likeness (QED) is 0.779. The lowest BCUT2D eigenvalue weighted by Gasteiger charge is -2.03. The largest absolute Gasteiger partial charge is 0.469 e. The van der Waals surface area contributed by atoms with Crippen LogP contribution in [-0.2, 0) is 13.0 Å². The van der Waals surface area contributed by atoms with Crippen LogP contribution in [0.5, 0.6) is 0 Å². The highest BCUT2D eigenvalue weighted by Gasteiger charge is 1.96. The standard InChI is InChI=1S/C13H16N2O/c1-11-4-5-12(10-15-11)9-14-7-6-13-3-2-8-16-13/h2-5,8,10,14H,6-7,9H2,1H3. The van der Waals surface area contributed by atoms with Gasteiger partial charge in [0.2, 0.25) is 0 Å². The number of nitrogens with one attached hydrogen (secondary N) is 1. The van der Waals surface area contributed by atoms with Gasteiger partial charge in [-0.05, 0) is 30.7 Å². The van der Waals surface area contributed by atoms with E-state index < -0.39 is 0 Å². The molecule has 2 aromatic heterocycles. The lowest BCUT2D eigenvalue weighted by Crippen LogP contribution is -2.16. The third-order valence-corrected chi connectivity index (χ3v) is 2.43. The van der Waals surface area contributed by atoms with Crippen LogP contribution in [0.3, 0.4) is 0 Å². The van der Waals surface area contributed by atoms with Gasteiger partial charge in [0.15, 0.2) is 0 Å². The van der Waals surface area contributed by atoms with E-state index in [0.29, 0.717) is 0 Å². The molecule has 0 atom stereocenters. The number of hydrogen-bond acceptors (Lipinski definition) is 3. The zero-order valence-electron chi connectivity index (χ0n) is 9.44. The Labute approximate surface area is 95.5 Å². The number of hydrogen-bond donors (Lipinski definition) is 1. The summed E-state index contributed by atoms with van der Waals surface area (Å²) in [4.78, 5) is 4.25. The van der Waals surface area contributed by atoms with E-state index in [1.807, 2.05) is 31.3 Å². The van der Waals surface area contributed by atoms with E-state index in [2.05, 4.69) is 16.4 Å². The summed E-state index contributed by atoms with van der Waals surface area (Å²) in [6, 6.07) is 8.04. The van der Waals surface area contributed by atoms with Crippen molar-refractivity contribution in [2.75, 3.05) is 6.54 Å². The number of aromatic nitrogens is 1. The summed E-state index contributed by atoms with van der Waals surface area (Å²) in [5.74, 6) is 1.02. The van der Waals surface area contributed by atoms with Crippen LogP contribution in [0, 0.1) is 6.92 Å². The summed E-state index contributed by atoms with van der Waals surface area (Å²) in [5.41, 5.74) is 2.27. The predicted molar refractivity (Wildman–Crippen MR) is 63.1 cm³/mol. The van der Waals surface area contributed by atoms with Crippen molar-refractivity contribution in [2.24, 2.45) is 0 Å². The van der Waals surface area contributed by atoms with Gasteiger partial charge in [0.05, 0.1) is 6.26 Å². The summed E-state index contributed by atoms with van der Waals surface area (Å²) in [6.07, 6.45) is 4.54. The molecule has 0 aliphatic rings. The third kappa shape index (κ3) is 3.21. The Balaban J connectivity index is 1.70. The molecule has 3 heteroatoms. The molecule has 0 saturated heterocycles. The van der Waals surface area contributed by atoms with Crippen molar-refractivity contribution in [3.63, 3.8) is 0 Å². The van der Waals surface area contributed by atoms with Gasteiger partial charge in [0, 0.05) is 31.4 Å². The normalized spacial score (nSPS) is 10.6. The average Bonchev–Trinajstić information content (AvgIpc) is 2.80. The molecule has 0 amide bonds. The van der Waals surface area contributed by atoms with Gasteiger partial charge < -0.3 is 9.73 Å². The van der Waals surface area contributed by atoms with Crippen LogP contribution in [0.1, 0.15) is 17.0 Å². The van der Waals surface area contributed by atoms with Gasteiger partial charge in [-0.25, -0.2) is 0 Å². The SMILES string of the molecule is Cc1ccc(CNCCc2ccco2)cn1. The number of pyridine rings is 1. The topological polar surface area (TPSA) is 38.1 Å². The van der Waals surface area contributed by atoms with E-state index >= 15 is 0 Å². The summed E-state index contributed by atoms with van der Waals surface area (Å²) in [6.45, 7) is 3.77. The fraction of sp³-hybridized carbons (Fsp3) is 0.308. The Hall–Kier alpha value is -1.61.